The zero-order valence-corrected chi connectivity index (χ0v) is 21.3. The van der Waals surface area contributed by atoms with E-state index in [4.69, 9.17) is 9.47 Å². The number of morpholine rings is 1. The van der Waals surface area contributed by atoms with E-state index in [0.717, 1.165) is 63.0 Å². The minimum atomic E-state index is -0.153. The Kier molecular flexibility index (Phi) is 8.40. The van der Waals surface area contributed by atoms with Gasteiger partial charge in [0.2, 0.25) is 5.91 Å². The highest BCUT2D eigenvalue weighted by Gasteiger charge is 2.28. The van der Waals surface area contributed by atoms with E-state index in [-0.39, 0.29) is 12.0 Å². The maximum atomic E-state index is 12.3. The second-order valence-corrected chi connectivity index (χ2v) is 9.78. The van der Waals surface area contributed by atoms with Crippen molar-refractivity contribution in [2.45, 2.75) is 44.4 Å². The monoisotopic (exact) mass is 501 g/mol. The zero-order chi connectivity index (χ0) is 25.5. The highest BCUT2D eigenvalue weighted by molar-refractivity contribution is 6.00. The number of aromatic nitrogens is 2. The lowest BCUT2D eigenvalue weighted by atomic mass is 10.1. The summed E-state index contributed by atoms with van der Waals surface area (Å²) < 4.78 is 11.5. The number of anilines is 1. The molecule has 0 radical (unpaired) electrons. The standard InChI is InChI=1S/C29H35N5O3/c1-21(22-6-3-2-4-7-22)31-25-9-11-26(19-25)37-29-30-20-23-18-24(10-12-27(23)33-29)32-28(35)8-5-13-34-14-16-36-17-15-34/h2-8,10,12,18,20-21,25-26,31H,9,11,13-17,19H2,1H3,(H,32,35)/t21-,25?,26?/m1/s1. The molecule has 8 nitrogen and oxygen atoms in total. The van der Waals surface area contributed by atoms with Crippen molar-refractivity contribution >= 4 is 22.5 Å². The Balaban J connectivity index is 1.11. The number of fused-ring (bicyclic) bond motifs is 1. The molecule has 37 heavy (non-hydrogen) atoms. The van der Waals surface area contributed by atoms with E-state index in [0.29, 0.717) is 23.8 Å². The average Bonchev–Trinajstić information content (AvgIpc) is 3.36. The van der Waals surface area contributed by atoms with E-state index in [2.05, 4.69) is 56.7 Å². The average molecular weight is 502 g/mol. The van der Waals surface area contributed by atoms with Crippen LogP contribution in [-0.2, 0) is 9.53 Å². The van der Waals surface area contributed by atoms with E-state index >= 15 is 0 Å². The molecule has 1 saturated carbocycles. The van der Waals surface area contributed by atoms with Gasteiger partial charge in [-0.3, -0.25) is 9.69 Å². The summed E-state index contributed by atoms with van der Waals surface area (Å²) in [6, 6.07) is 17.2. The Hall–Kier alpha value is -3.33. The number of carbonyl (C=O) groups excluding carboxylic acids is 1. The molecule has 2 heterocycles. The maximum Gasteiger partial charge on any atom is 0.317 e. The Labute approximate surface area is 218 Å². The lowest BCUT2D eigenvalue weighted by Gasteiger charge is -2.25. The van der Waals surface area contributed by atoms with Gasteiger partial charge in [0.25, 0.3) is 0 Å². The highest BCUT2D eigenvalue weighted by Crippen LogP contribution is 2.26. The quantitative estimate of drug-likeness (QED) is 0.427. The van der Waals surface area contributed by atoms with Gasteiger partial charge in [-0.15, -0.1) is 0 Å². The molecular weight excluding hydrogens is 466 g/mol. The number of carbonyl (C=O) groups is 1. The Bertz CT molecular complexity index is 1210. The molecule has 1 aliphatic carbocycles. The van der Waals surface area contributed by atoms with Crippen LogP contribution in [0.1, 0.15) is 37.8 Å². The van der Waals surface area contributed by atoms with Gasteiger partial charge < -0.3 is 20.1 Å². The van der Waals surface area contributed by atoms with E-state index in [1.165, 1.54) is 5.56 Å². The van der Waals surface area contributed by atoms with Crippen molar-refractivity contribution in [1.82, 2.24) is 20.2 Å². The summed E-state index contributed by atoms with van der Waals surface area (Å²) in [6.07, 6.45) is 8.30. The molecule has 3 aromatic rings. The molecule has 1 aromatic heterocycles. The topological polar surface area (TPSA) is 88.6 Å². The molecule has 1 amide bonds. The molecule has 2 aliphatic rings. The first-order valence-electron chi connectivity index (χ1n) is 13.1. The van der Waals surface area contributed by atoms with Gasteiger partial charge in [0.1, 0.15) is 6.10 Å². The third-order valence-electron chi connectivity index (χ3n) is 7.00. The van der Waals surface area contributed by atoms with Gasteiger partial charge in [-0.2, -0.15) is 4.98 Å². The fraction of sp³-hybridized carbons (Fsp3) is 0.414. The Morgan fingerprint density at radius 2 is 2.03 bits per heavy atom. The first kappa shape index (κ1) is 25.3. The van der Waals surface area contributed by atoms with Crippen LogP contribution in [0.15, 0.2) is 66.9 Å². The van der Waals surface area contributed by atoms with Gasteiger partial charge in [-0.1, -0.05) is 36.4 Å². The van der Waals surface area contributed by atoms with Gasteiger partial charge in [0, 0.05) is 55.1 Å². The number of amides is 1. The number of hydrogen-bond acceptors (Lipinski definition) is 7. The van der Waals surface area contributed by atoms with Crippen LogP contribution in [0.5, 0.6) is 6.01 Å². The Morgan fingerprint density at radius 1 is 1.19 bits per heavy atom. The molecule has 3 atom stereocenters. The molecule has 2 fully saturated rings. The molecule has 0 spiro atoms. The first-order chi connectivity index (χ1) is 18.1. The molecule has 194 valence electrons. The van der Waals surface area contributed by atoms with Crippen LogP contribution in [0, 0.1) is 0 Å². The number of benzene rings is 2. The van der Waals surface area contributed by atoms with E-state index in [1.807, 2.05) is 30.3 Å². The predicted molar refractivity (Wildman–Crippen MR) is 145 cm³/mol. The molecule has 0 bridgehead atoms. The molecular formula is C29H35N5O3. The summed E-state index contributed by atoms with van der Waals surface area (Å²) in [5, 5.41) is 7.49. The lowest BCUT2D eigenvalue weighted by Crippen LogP contribution is -2.36. The summed E-state index contributed by atoms with van der Waals surface area (Å²) in [5.41, 5.74) is 2.79. The van der Waals surface area contributed by atoms with Gasteiger partial charge in [-0.25, -0.2) is 4.98 Å². The van der Waals surface area contributed by atoms with Crippen LogP contribution in [0.4, 0.5) is 5.69 Å². The van der Waals surface area contributed by atoms with Gasteiger partial charge >= 0.3 is 6.01 Å². The lowest BCUT2D eigenvalue weighted by molar-refractivity contribution is -0.111. The summed E-state index contributed by atoms with van der Waals surface area (Å²) in [5.74, 6) is -0.153. The normalized spacial score (nSPS) is 21.3. The van der Waals surface area contributed by atoms with Crippen LogP contribution in [0.25, 0.3) is 10.9 Å². The van der Waals surface area contributed by atoms with Crippen molar-refractivity contribution in [2.75, 3.05) is 38.2 Å². The fourth-order valence-corrected chi connectivity index (χ4v) is 4.97. The van der Waals surface area contributed by atoms with Crippen molar-refractivity contribution in [3.8, 4) is 6.01 Å². The van der Waals surface area contributed by atoms with Crippen LogP contribution >= 0.6 is 0 Å². The van der Waals surface area contributed by atoms with Gasteiger partial charge in [0.05, 0.1) is 18.7 Å². The molecule has 8 heteroatoms. The fourth-order valence-electron chi connectivity index (χ4n) is 4.97. The second kappa shape index (κ2) is 12.3. The largest absolute Gasteiger partial charge is 0.460 e. The van der Waals surface area contributed by atoms with Crippen LogP contribution in [0.3, 0.4) is 0 Å². The van der Waals surface area contributed by atoms with Crippen molar-refractivity contribution in [3.05, 3.63) is 72.4 Å². The minimum Gasteiger partial charge on any atom is -0.460 e. The highest BCUT2D eigenvalue weighted by atomic mass is 16.5. The number of rotatable bonds is 9. The van der Waals surface area contributed by atoms with Crippen molar-refractivity contribution in [2.24, 2.45) is 0 Å². The zero-order valence-electron chi connectivity index (χ0n) is 21.3. The summed E-state index contributed by atoms with van der Waals surface area (Å²) in [6.45, 7) is 6.24. The maximum absolute atomic E-state index is 12.3. The third-order valence-corrected chi connectivity index (χ3v) is 7.00. The summed E-state index contributed by atoms with van der Waals surface area (Å²) in [4.78, 5) is 23.6. The summed E-state index contributed by atoms with van der Waals surface area (Å²) in [7, 11) is 0. The van der Waals surface area contributed by atoms with Crippen LogP contribution in [0.2, 0.25) is 0 Å². The van der Waals surface area contributed by atoms with Crippen LogP contribution < -0.4 is 15.4 Å². The first-order valence-corrected chi connectivity index (χ1v) is 13.1. The van der Waals surface area contributed by atoms with E-state index in [1.54, 1.807) is 12.3 Å². The van der Waals surface area contributed by atoms with Crippen LogP contribution in [-0.4, -0.2) is 65.8 Å². The predicted octanol–water partition coefficient (Wildman–Crippen LogP) is 4.11. The molecule has 1 aliphatic heterocycles. The van der Waals surface area contributed by atoms with E-state index < -0.39 is 0 Å². The Morgan fingerprint density at radius 3 is 2.86 bits per heavy atom. The van der Waals surface area contributed by atoms with Crippen molar-refractivity contribution in [3.63, 3.8) is 0 Å². The molecule has 5 rings (SSSR count). The number of nitrogens with zero attached hydrogens (tertiary/aromatic N) is 3. The molecule has 2 N–H and O–H groups in total. The minimum absolute atomic E-state index is 0.0979. The molecule has 2 unspecified atom stereocenters. The number of nitrogens with one attached hydrogen (secondary N) is 2. The molecule has 2 aromatic carbocycles. The van der Waals surface area contributed by atoms with Crippen molar-refractivity contribution in [1.29, 1.82) is 0 Å². The van der Waals surface area contributed by atoms with Crippen molar-refractivity contribution < 1.29 is 14.3 Å². The summed E-state index contributed by atoms with van der Waals surface area (Å²) >= 11 is 0. The molecule has 1 saturated heterocycles. The van der Waals surface area contributed by atoms with Gasteiger partial charge in [0.15, 0.2) is 0 Å². The number of ether oxygens (including phenoxy) is 2. The number of hydrogen-bond donors (Lipinski definition) is 2. The SMILES string of the molecule is C[C@@H](NC1CCC(Oc2ncc3cc(NC(=O)C=CCN4CCOCC4)ccc3n2)C1)c1ccccc1. The smallest absolute Gasteiger partial charge is 0.317 e. The second-order valence-electron chi connectivity index (χ2n) is 9.78. The van der Waals surface area contributed by atoms with E-state index in [9.17, 15) is 4.79 Å². The third kappa shape index (κ3) is 7.13. The van der Waals surface area contributed by atoms with Gasteiger partial charge in [-0.05, 0) is 49.9 Å².